The molecule has 0 unspecified atom stereocenters. The minimum atomic E-state index is -7.44. The quantitative estimate of drug-likeness (QED) is 0.290. The van der Waals surface area contributed by atoms with Crippen molar-refractivity contribution in [2.45, 2.75) is 30.6 Å². The van der Waals surface area contributed by atoms with Crippen molar-refractivity contribution in [3.05, 3.63) is 72.0 Å². The summed E-state index contributed by atoms with van der Waals surface area (Å²) >= 11 is 0. The number of anilines is 1. The summed E-state index contributed by atoms with van der Waals surface area (Å²) in [5, 5.41) is 1.94. The molecule has 1 N–H and O–H groups in total. The first kappa shape index (κ1) is 27.7. The molecule has 4 nitrogen and oxygen atoms in total. The number of ether oxygens (including phenoxy) is 2. The number of benzene rings is 2. The number of hydrogen-bond donors (Lipinski definition) is 1. The Bertz CT molecular complexity index is 1070. The molecule has 0 saturated heterocycles. The van der Waals surface area contributed by atoms with Crippen molar-refractivity contribution in [1.29, 1.82) is 0 Å². The smallest absolute Gasteiger partial charge is 0.444 e. The summed E-state index contributed by atoms with van der Waals surface area (Å²) in [5.74, 6) is -26.9. The van der Waals surface area contributed by atoms with Crippen LogP contribution in [0.5, 0.6) is 5.75 Å². The molecule has 0 spiro atoms. The molecular formula is C20H12F11NO3. The maximum Gasteiger partial charge on any atom is 0.460 e. The molecule has 0 radical (unpaired) electrons. The largest absolute Gasteiger partial charge is 0.460 e. The average molecular weight is 523 g/mol. The van der Waals surface area contributed by atoms with E-state index in [0.717, 1.165) is 18.2 Å². The summed E-state index contributed by atoms with van der Waals surface area (Å²) in [6, 6.07) is 8.57. The van der Waals surface area contributed by atoms with E-state index in [9.17, 15) is 53.1 Å². The molecule has 192 valence electrons. The van der Waals surface area contributed by atoms with E-state index in [-0.39, 0.29) is 6.61 Å². The first-order valence-corrected chi connectivity index (χ1v) is 9.03. The molecule has 2 rings (SSSR count). The van der Waals surface area contributed by atoms with Crippen LogP contribution in [0.25, 0.3) is 0 Å². The summed E-state index contributed by atoms with van der Waals surface area (Å²) in [4.78, 5) is 11.9. The number of halogens is 11. The van der Waals surface area contributed by atoms with E-state index in [2.05, 4.69) is 4.74 Å². The summed E-state index contributed by atoms with van der Waals surface area (Å²) < 4.78 is 152. The van der Waals surface area contributed by atoms with Crippen LogP contribution in [0.2, 0.25) is 0 Å². The number of alkyl halides is 9. The molecule has 15 heteroatoms. The Kier molecular flexibility index (Phi) is 7.92. The molecule has 0 aliphatic rings. The molecule has 0 aliphatic heterocycles. The molecule has 0 heterocycles. The zero-order valence-electron chi connectivity index (χ0n) is 16.8. The highest BCUT2D eigenvalue weighted by molar-refractivity contribution is 5.86. The Hall–Kier alpha value is -3.52. The van der Waals surface area contributed by atoms with Gasteiger partial charge >= 0.3 is 36.1 Å². The number of amides is 1. The van der Waals surface area contributed by atoms with Gasteiger partial charge in [-0.2, -0.15) is 48.3 Å². The van der Waals surface area contributed by atoms with Crippen molar-refractivity contribution in [3.8, 4) is 5.75 Å². The van der Waals surface area contributed by atoms with Crippen molar-refractivity contribution in [2.24, 2.45) is 0 Å². The van der Waals surface area contributed by atoms with Crippen LogP contribution in [-0.4, -0.2) is 30.0 Å². The number of para-hydroxylation sites is 2. The lowest BCUT2D eigenvalue weighted by Gasteiger charge is -2.32. The van der Waals surface area contributed by atoms with E-state index in [1.807, 2.05) is 5.32 Å². The molecule has 0 bridgehead atoms. The average Bonchev–Trinajstić information content (AvgIpc) is 2.78. The maximum atomic E-state index is 13.9. The van der Waals surface area contributed by atoms with E-state index in [0.29, 0.717) is 11.6 Å². The van der Waals surface area contributed by atoms with Gasteiger partial charge in [-0.1, -0.05) is 42.5 Å². The van der Waals surface area contributed by atoms with Gasteiger partial charge in [-0.15, -0.1) is 0 Å². The number of hydrogen-bond acceptors (Lipinski definition) is 3. The normalized spacial score (nSPS) is 13.7. The lowest BCUT2D eigenvalue weighted by molar-refractivity contribution is -0.392. The van der Waals surface area contributed by atoms with Crippen molar-refractivity contribution in [2.75, 3.05) is 5.32 Å². The van der Waals surface area contributed by atoms with E-state index >= 15 is 0 Å². The zero-order chi connectivity index (χ0) is 26.7. The Labute approximate surface area is 188 Å². The predicted molar refractivity (Wildman–Crippen MR) is 97.5 cm³/mol. The van der Waals surface area contributed by atoms with Crippen molar-refractivity contribution in [1.82, 2.24) is 0 Å². The lowest BCUT2D eigenvalue weighted by Crippen LogP contribution is -2.61. The Balaban J connectivity index is 2.25. The van der Waals surface area contributed by atoms with Crippen molar-refractivity contribution >= 4 is 11.8 Å². The van der Waals surface area contributed by atoms with E-state index < -0.39 is 53.3 Å². The second kappa shape index (κ2) is 10.00. The van der Waals surface area contributed by atoms with Gasteiger partial charge in [0.05, 0.1) is 5.69 Å². The number of nitrogens with one attached hydrogen (secondary N) is 1. The second-order valence-corrected chi connectivity index (χ2v) is 6.59. The highest BCUT2D eigenvalue weighted by Crippen LogP contribution is 2.55. The fourth-order valence-corrected chi connectivity index (χ4v) is 2.31. The van der Waals surface area contributed by atoms with Crippen LogP contribution < -0.4 is 10.1 Å². The van der Waals surface area contributed by atoms with Gasteiger partial charge in [0.15, 0.2) is 5.75 Å². The van der Waals surface area contributed by atoms with Gasteiger partial charge < -0.3 is 9.47 Å². The Morgan fingerprint density at radius 1 is 0.771 bits per heavy atom. The summed E-state index contributed by atoms with van der Waals surface area (Å²) in [6.45, 7) is -0.271. The third-order valence-corrected chi connectivity index (χ3v) is 4.13. The summed E-state index contributed by atoms with van der Waals surface area (Å²) in [5.41, 5.74) is -0.0636. The topological polar surface area (TPSA) is 47.6 Å². The predicted octanol–water partition coefficient (Wildman–Crippen LogP) is 7.39. The Morgan fingerprint density at radius 2 is 1.31 bits per heavy atom. The Morgan fingerprint density at radius 3 is 1.89 bits per heavy atom. The fourth-order valence-electron chi connectivity index (χ4n) is 2.31. The summed E-state index contributed by atoms with van der Waals surface area (Å²) in [7, 11) is 0. The maximum absolute atomic E-state index is 13.9. The SMILES string of the molecule is O=C(Nc1ccccc1OC(F)=C(F)C(F)(F)C(F)(F)C(F)(F)C(F)(F)F)OCc1ccccc1. The van der Waals surface area contributed by atoms with Crippen LogP contribution in [-0.2, 0) is 11.3 Å². The van der Waals surface area contributed by atoms with Gasteiger partial charge in [-0.25, -0.2) is 4.79 Å². The van der Waals surface area contributed by atoms with Gasteiger partial charge in [0.25, 0.3) is 0 Å². The number of rotatable bonds is 8. The molecule has 0 saturated carbocycles. The molecule has 2 aromatic rings. The number of carbonyl (C=O) groups is 1. The van der Waals surface area contributed by atoms with Gasteiger partial charge in [0.2, 0.25) is 5.83 Å². The lowest BCUT2D eigenvalue weighted by atomic mass is 10.0. The third-order valence-electron chi connectivity index (χ3n) is 4.13. The van der Waals surface area contributed by atoms with Crippen LogP contribution in [0.1, 0.15) is 5.56 Å². The molecule has 1 amide bonds. The minimum absolute atomic E-state index is 0.271. The molecule has 2 aromatic carbocycles. The highest BCUT2D eigenvalue weighted by Gasteiger charge is 2.83. The van der Waals surface area contributed by atoms with Gasteiger partial charge in [0, 0.05) is 0 Å². The third kappa shape index (κ3) is 5.77. The first-order chi connectivity index (χ1) is 16.0. The van der Waals surface area contributed by atoms with Crippen LogP contribution in [0.4, 0.5) is 58.8 Å². The van der Waals surface area contributed by atoms with Crippen LogP contribution in [0, 0.1) is 0 Å². The van der Waals surface area contributed by atoms with Crippen LogP contribution in [0.15, 0.2) is 66.4 Å². The van der Waals surface area contributed by atoms with Crippen LogP contribution >= 0.6 is 0 Å². The van der Waals surface area contributed by atoms with E-state index in [4.69, 9.17) is 4.74 Å². The monoisotopic (exact) mass is 523 g/mol. The second-order valence-electron chi connectivity index (χ2n) is 6.59. The van der Waals surface area contributed by atoms with E-state index in [1.54, 1.807) is 30.3 Å². The molecule has 0 aromatic heterocycles. The highest BCUT2D eigenvalue weighted by atomic mass is 19.4. The molecule has 0 fully saturated rings. The molecule has 35 heavy (non-hydrogen) atoms. The van der Waals surface area contributed by atoms with Crippen molar-refractivity contribution < 1.29 is 62.6 Å². The van der Waals surface area contributed by atoms with E-state index in [1.165, 1.54) is 0 Å². The first-order valence-electron chi connectivity index (χ1n) is 9.03. The number of carbonyl (C=O) groups excluding carboxylic acids is 1. The van der Waals surface area contributed by atoms with Gasteiger partial charge in [-0.05, 0) is 17.7 Å². The minimum Gasteiger partial charge on any atom is -0.444 e. The van der Waals surface area contributed by atoms with Crippen molar-refractivity contribution in [3.63, 3.8) is 0 Å². The standard InChI is InChI=1S/C20H12F11NO3/c21-14(17(23,24)18(25,26)19(27,28)20(29,30)31)15(22)35-13-9-5-4-8-12(13)32-16(33)34-10-11-6-2-1-3-7-11/h1-9H,10H2,(H,32,33). The summed E-state index contributed by atoms with van der Waals surface area (Å²) in [6.07, 6.45) is -8.45. The van der Waals surface area contributed by atoms with Crippen LogP contribution in [0.3, 0.4) is 0 Å². The molecule has 0 atom stereocenters. The van der Waals surface area contributed by atoms with Gasteiger partial charge in [0.1, 0.15) is 6.61 Å². The van der Waals surface area contributed by atoms with Gasteiger partial charge in [-0.3, -0.25) is 5.32 Å². The zero-order valence-corrected chi connectivity index (χ0v) is 16.8. The molecular weight excluding hydrogens is 511 g/mol. The number of allylic oxidation sites excluding steroid dienone is 1. The fraction of sp³-hybridized carbons (Fsp3) is 0.250. The molecule has 0 aliphatic carbocycles.